The molecular weight excluding hydrogens is 333 g/mol. The SMILES string of the molecule is O=C(N[C@@H]1CC[NH+](Cc2ccccc2)C1)c1cc(Cl)nc(Cl)c1. The van der Waals surface area contributed by atoms with Crippen molar-refractivity contribution in [3.8, 4) is 0 Å². The van der Waals surface area contributed by atoms with E-state index in [0.717, 1.165) is 26.1 Å². The van der Waals surface area contributed by atoms with Crippen molar-refractivity contribution in [3.63, 3.8) is 0 Å². The van der Waals surface area contributed by atoms with Gasteiger partial charge in [-0.25, -0.2) is 4.98 Å². The van der Waals surface area contributed by atoms with Crippen LogP contribution >= 0.6 is 23.2 Å². The second kappa shape index (κ2) is 7.30. The molecule has 1 unspecified atom stereocenters. The Labute approximate surface area is 145 Å². The molecule has 1 fully saturated rings. The molecule has 2 heterocycles. The molecule has 0 bridgehead atoms. The van der Waals surface area contributed by atoms with E-state index in [1.54, 1.807) is 0 Å². The zero-order chi connectivity index (χ0) is 16.2. The lowest BCUT2D eigenvalue weighted by molar-refractivity contribution is -0.901. The van der Waals surface area contributed by atoms with Gasteiger partial charge >= 0.3 is 0 Å². The van der Waals surface area contributed by atoms with Gasteiger partial charge in [-0.2, -0.15) is 0 Å². The number of carbonyl (C=O) groups excluding carboxylic acids is 1. The fraction of sp³-hybridized carbons (Fsp3) is 0.294. The zero-order valence-electron chi connectivity index (χ0n) is 12.6. The Hall–Kier alpha value is -1.62. The minimum atomic E-state index is -0.151. The normalized spacial score (nSPS) is 20.4. The molecule has 2 aromatic rings. The van der Waals surface area contributed by atoms with Gasteiger partial charge in [-0.05, 0) is 12.1 Å². The molecule has 1 aliphatic rings. The third kappa shape index (κ3) is 4.44. The molecule has 0 saturated carbocycles. The van der Waals surface area contributed by atoms with Gasteiger partial charge in [0.25, 0.3) is 5.91 Å². The molecule has 1 aromatic heterocycles. The average Bonchev–Trinajstić information content (AvgIpc) is 2.94. The number of hydrogen-bond acceptors (Lipinski definition) is 2. The topological polar surface area (TPSA) is 46.4 Å². The Morgan fingerprint density at radius 2 is 1.91 bits per heavy atom. The molecule has 1 aliphatic heterocycles. The summed E-state index contributed by atoms with van der Waals surface area (Å²) >= 11 is 11.7. The highest BCUT2D eigenvalue weighted by molar-refractivity contribution is 6.33. The molecule has 0 radical (unpaired) electrons. The van der Waals surface area contributed by atoms with Crippen LogP contribution in [0.15, 0.2) is 42.5 Å². The summed E-state index contributed by atoms with van der Waals surface area (Å²) in [4.78, 5) is 17.6. The molecule has 1 amide bonds. The molecule has 2 N–H and O–H groups in total. The zero-order valence-corrected chi connectivity index (χ0v) is 14.1. The van der Waals surface area contributed by atoms with E-state index in [1.165, 1.54) is 22.6 Å². The first-order valence-corrected chi connectivity index (χ1v) is 8.37. The summed E-state index contributed by atoms with van der Waals surface area (Å²) in [6.45, 7) is 2.96. The number of rotatable bonds is 4. The van der Waals surface area contributed by atoms with E-state index < -0.39 is 0 Å². The lowest BCUT2D eigenvalue weighted by Gasteiger charge is -2.14. The summed E-state index contributed by atoms with van der Waals surface area (Å²) in [5, 5.41) is 3.51. The molecule has 4 nitrogen and oxygen atoms in total. The number of halogens is 2. The average molecular weight is 351 g/mol. The minimum absolute atomic E-state index is 0.151. The van der Waals surface area contributed by atoms with Crippen molar-refractivity contribution in [1.82, 2.24) is 10.3 Å². The molecule has 1 saturated heterocycles. The van der Waals surface area contributed by atoms with Crippen LogP contribution in [0.2, 0.25) is 10.3 Å². The molecule has 120 valence electrons. The summed E-state index contributed by atoms with van der Waals surface area (Å²) < 4.78 is 0. The Bertz CT molecular complexity index is 673. The van der Waals surface area contributed by atoms with Gasteiger partial charge in [0.2, 0.25) is 0 Å². The molecule has 0 spiro atoms. The van der Waals surface area contributed by atoms with Crippen LogP contribution in [-0.4, -0.2) is 30.0 Å². The molecule has 3 rings (SSSR count). The van der Waals surface area contributed by atoms with Crippen molar-refractivity contribution >= 4 is 29.1 Å². The number of nitrogens with zero attached hydrogens (tertiary/aromatic N) is 1. The summed E-state index contributed by atoms with van der Waals surface area (Å²) in [6, 6.07) is 13.7. The van der Waals surface area contributed by atoms with Gasteiger partial charge in [0.1, 0.15) is 16.9 Å². The van der Waals surface area contributed by atoms with E-state index in [1.807, 2.05) is 6.07 Å². The van der Waals surface area contributed by atoms with Crippen LogP contribution in [-0.2, 0) is 6.54 Å². The van der Waals surface area contributed by atoms with Gasteiger partial charge in [0, 0.05) is 17.5 Å². The van der Waals surface area contributed by atoms with Crippen molar-refractivity contribution in [3.05, 3.63) is 63.9 Å². The van der Waals surface area contributed by atoms with E-state index in [0.29, 0.717) is 5.56 Å². The first kappa shape index (κ1) is 16.2. The fourth-order valence-corrected chi connectivity index (χ4v) is 3.42. The van der Waals surface area contributed by atoms with Crippen LogP contribution in [0.1, 0.15) is 22.3 Å². The molecule has 2 atom stereocenters. The van der Waals surface area contributed by atoms with Gasteiger partial charge in [0.15, 0.2) is 0 Å². The van der Waals surface area contributed by atoms with E-state index >= 15 is 0 Å². The Morgan fingerprint density at radius 3 is 2.61 bits per heavy atom. The van der Waals surface area contributed by atoms with Gasteiger partial charge < -0.3 is 10.2 Å². The lowest BCUT2D eigenvalue weighted by Crippen LogP contribution is -3.09. The maximum absolute atomic E-state index is 12.3. The van der Waals surface area contributed by atoms with Crippen molar-refractivity contribution < 1.29 is 9.69 Å². The highest BCUT2D eigenvalue weighted by atomic mass is 35.5. The summed E-state index contributed by atoms with van der Waals surface area (Å²) in [6.07, 6.45) is 0.973. The number of hydrogen-bond donors (Lipinski definition) is 2. The lowest BCUT2D eigenvalue weighted by atomic mass is 10.2. The molecule has 0 aliphatic carbocycles. The quantitative estimate of drug-likeness (QED) is 0.828. The van der Waals surface area contributed by atoms with Crippen LogP contribution in [0.4, 0.5) is 0 Å². The second-order valence-electron chi connectivity index (χ2n) is 5.83. The van der Waals surface area contributed by atoms with E-state index in [9.17, 15) is 4.79 Å². The highest BCUT2D eigenvalue weighted by Gasteiger charge is 2.27. The first-order chi connectivity index (χ1) is 11.1. The standard InChI is InChI=1S/C17H17Cl2N3O/c18-15-8-13(9-16(19)21-15)17(23)20-14-6-7-22(11-14)10-12-4-2-1-3-5-12/h1-5,8-9,14H,6-7,10-11H2,(H,20,23)/p+1/t14-/m1/s1. The van der Waals surface area contributed by atoms with Crippen LogP contribution in [0.25, 0.3) is 0 Å². The summed E-state index contributed by atoms with van der Waals surface area (Å²) in [5.74, 6) is -0.151. The molecule has 23 heavy (non-hydrogen) atoms. The third-order valence-electron chi connectivity index (χ3n) is 4.04. The summed E-state index contributed by atoms with van der Waals surface area (Å²) in [7, 11) is 0. The highest BCUT2D eigenvalue weighted by Crippen LogP contribution is 2.14. The van der Waals surface area contributed by atoms with Crippen LogP contribution in [0.3, 0.4) is 0 Å². The van der Waals surface area contributed by atoms with Crippen molar-refractivity contribution in [2.45, 2.75) is 19.0 Å². The number of amides is 1. The Morgan fingerprint density at radius 1 is 1.22 bits per heavy atom. The Balaban J connectivity index is 1.56. The predicted molar refractivity (Wildman–Crippen MR) is 91.0 cm³/mol. The van der Waals surface area contributed by atoms with Gasteiger partial charge in [-0.15, -0.1) is 0 Å². The fourth-order valence-electron chi connectivity index (χ4n) is 2.96. The van der Waals surface area contributed by atoms with E-state index in [2.05, 4.69) is 34.6 Å². The number of pyridine rings is 1. The van der Waals surface area contributed by atoms with Crippen molar-refractivity contribution in [2.24, 2.45) is 0 Å². The first-order valence-electron chi connectivity index (χ1n) is 7.61. The maximum atomic E-state index is 12.3. The van der Waals surface area contributed by atoms with E-state index in [4.69, 9.17) is 23.2 Å². The largest absolute Gasteiger partial charge is 0.343 e. The number of nitrogens with one attached hydrogen (secondary N) is 2. The van der Waals surface area contributed by atoms with Gasteiger partial charge in [0.05, 0.1) is 19.1 Å². The molecule has 6 heteroatoms. The van der Waals surface area contributed by atoms with Gasteiger partial charge in [-0.1, -0.05) is 53.5 Å². The van der Waals surface area contributed by atoms with E-state index in [-0.39, 0.29) is 22.3 Å². The Kier molecular flexibility index (Phi) is 5.16. The number of aromatic nitrogens is 1. The summed E-state index contributed by atoms with van der Waals surface area (Å²) in [5.41, 5.74) is 1.77. The van der Waals surface area contributed by atoms with Gasteiger partial charge in [-0.3, -0.25) is 4.79 Å². The maximum Gasteiger partial charge on any atom is 0.251 e. The van der Waals surface area contributed by atoms with Crippen molar-refractivity contribution in [2.75, 3.05) is 13.1 Å². The minimum Gasteiger partial charge on any atom is -0.343 e. The number of likely N-dealkylation sites (tertiary alicyclic amines) is 1. The second-order valence-corrected chi connectivity index (χ2v) is 6.60. The number of quaternary nitrogens is 1. The monoisotopic (exact) mass is 350 g/mol. The smallest absolute Gasteiger partial charge is 0.251 e. The van der Waals surface area contributed by atoms with Crippen LogP contribution in [0, 0.1) is 0 Å². The molecular formula is C17H18Cl2N3O+. The predicted octanol–water partition coefficient (Wildman–Crippen LogP) is 1.98. The van der Waals surface area contributed by atoms with Crippen LogP contribution in [0.5, 0.6) is 0 Å². The molecule has 1 aromatic carbocycles. The number of carbonyl (C=O) groups is 1. The van der Waals surface area contributed by atoms with Crippen LogP contribution < -0.4 is 10.2 Å². The number of benzene rings is 1. The third-order valence-corrected chi connectivity index (χ3v) is 4.43. The van der Waals surface area contributed by atoms with Crippen molar-refractivity contribution in [1.29, 1.82) is 0 Å².